The van der Waals surface area contributed by atoms with E-state index in [1.165, 1.54) is 42.6 Å². The first-order valence-corrected chi connectivity index (χ1v) is 6.80. The maximum absolute atomic E-state index is 4.40. The molecule has 4 nitrogen and oxygen atoms in total. The average molecular weight is 236 g/mol. The molecule has 1 atom stereocenters. The van der Waals surface area contributed by atoms with E-state index in [0.29, 0.717) is 6.04 Å². The van der Waals surface area contributed by atoms with Crippen LogP contribution >= 0.6 is 0 Å². The van der Waals surface area contributed by atoms with Crippen molar-refractivity contribution < 1.29 is 0 Å². The van der Waals surface area contributed by atoms with E-state index in [-0.39, 0.29) is 0 Å². The first-order chi connectivity index (χ1) is 8.31. The molecule has 1 heterocycles. The molecule has 0 fully saturated rings. The lowest BCUT2D eigenvalue weighted by molar-refractivity contribution is 0.496. The van der Waals surface area contributed by atoms with Gasteiger partial charge in [0.1, 0.15) is 0 Å². The minimum absolute atomic E-state index is 0.496. The van der Waals surface area contributed by atoms with Crippen LogP contribution in [0.25, 0.3) is 0 Å². The van der Waals surface area contributed by atoms with Gasteiger partial charge in [-0.3, -0.25) is 5.10 Å². The molecule has 0 bridgehead atoms. The zero-order chi connectivity index (χ0) is 12.1. The minimum atomic E-state index is 0.496. The Labute approximate surface area is 104 Å². The fourth-order valence-corrected chi connectivity index (χ4v) is 2.37. The third kappa shape index (κ3) is 3.30. The van der Waals surface area contributed by atoms with Crippen molar-refractivity contribution in [1.29, 1.82) is 0 Å². The van der Waals surface area contributed by atoms with E-state index in [1.54, 1.807) is 0 Å². The number of rotatable bonds is 7. The molecular formula is C13H24N4. The highest BCUT2D eigenvalue weighted by Crippen LogP contribution is 2.22. The molecule has 0 radical (unpaired) electrons. The quantitative estimate of drug-likeness (QED) is 0.627. The van der Waals surface area contributed by atoms with E-state index >= 15 is 0 Å². The van der Waals surface area contributed by atoms with Crippen LogP contribution in [0.5, 0.6) is 0 Å². The van der Waals surface area contributed by atoms with Gasteiger partial charge < -0.3 is 10.6 Å². The second-order valence-corrected chi connectivity index (χ2v) is 4.97. The topological polar surface area (TPSA) is 52.7 Å². The lowest BCUT2D eigenvalue weighted by Gasteiger charge is -2.13. The maximum atomic E-state index is 4.40. The molecule has 96 valence electrons. The molecule has 1 unspecified atom stereocenters. The van der Waals surface area contributed by atoms with Gasteiger partial charge in [-0.2, -0.15) is 5.10 Å². The van der Waals surface area contributed by atoms with Gasteiger partial charge in [0.2, 0.25) is 0 Å². The Bertz CT molecular complexity index is 345. The van der Waals surface area contributed by atoms with Crippen molar-refractivity contribution in [2.45, 2.75) is 52.1 Å². The largest absolute Gasteiger partial charge is 0.315 e. The normalized spacial score (nSPS) is 16.1. The summed E-state index contributed by atoms with van der Waals surface area (Å²) in [5, 5.41) is 14.5. The molecule has 1 aliphatic carbocycles. The Morgan fingerprint density at radius 3 is 3.12 bits per heavy atom. The number of aromatic amines is 1. The fraction of sp³-hybridized carbons (Fsp3) is 0.769. The van der Waals surface area contributed by atoms with Crippen molar-refractivity contribution in [3.63, 3.8) is 0 Å². The first-order valence-electron chi connectivity index (χ1n) is 6.80. The van der Waals surface area contributed by atoms with Gasteiger partial charge in [-0.15, -0.1) is 0 Å². The maximum Gasteiger partial charge on any atom is 0.0794 e. The van der Waals surface area contributed by atoms with E-state index in [1.807, 2.05) is 0 Å². The zero-order valence-electron chi connectivity index (χ0n) is 11.0. The highest BCUT2D eigenvalue weighted by molar-refractivity contribution is 5.29. The summed E-state index contributed by atoms with van der Waals surface area (Å²) in [7, 11) is 0. The number of fused-ring (bicyclic) bond motifs is 1. The molecule has 1 aromatic heterocycles. The van der Waals surface area contributed by atoms with Crippen LogP contribution in [0.4, 0.5) is 0 Å². The van der Waals surface area contributed by atoms with E-state index in [4.69, 9.17) is 0 Å². The monoisotopic (exact) mass is 236 g/mol. The summed E-state index contributed by atoms with van der Waals surface area (Å²) in [5.41, 5.74) is 4.05. The van der Waals surface area contributed by atoms with Crippen LogP contribution in [-0.2, 0) is 19.4 Å². The van der Waals surface area contributed by atoms with Crippen LogP contribution in [0.2, 0.25) is 0 Å². The minimum Gasteiger partial charge on any atom is -0.315 e. The number of hydrogen-bond donors (Lipinski definition) is 3. The number of aryl methyl sites for hydroxylation is 1. The molecule has 0 spiro atoms. The Kier molecular flexibility index (Phi) is 4.57. The van der Waals surface area contributed by atoms with Crippen LogP contribution in [-0.4, -0.2) is 29.3 Å². The average Bonchev–Trinajstić information content (AvgIpc) is 2.89. The fourth-order valence-electron chi connectivity index (χ4n) is 2.37. The lowest BCUT2D eigenvalue weighted by Crippen LogP contribution is -2.36. The molecule has 0 saturated heterocycles. The molecule has 0 saturated carbocycles. The second kappa shape index (κ2) is 6.17. The first kappa shape index (κ1) is 12.6. The summed E-state index contributed by atoms with van der Waals surface area (Å²) >= 11 is 0. The molecule has 4 heteroatoms. The molecule has 1 aliphatic rings. The molecule has 0 aromatic carbocycles. The van der Waals surface area contributed by atoms with Gasteiger partial charge >= 0.3 is 0 Å². The van der Waals surface area contributed by atoms with Crippen LogP contribution in [0, 0.1) is 0 Å². The number of nitrogens with one attached hydrogen (secondary N) is 3. The standard InChI is InChI=1S/C13H24N4/c1-3-7-14-8-10(2)15-9-13-11-5-4-6-12(11)16-17-13/h10,14-15H,3-9H2,1-2H3,(H,16,17). The van der Waals surface area contributed by atoms with Crippen LogP contribution in [0.3, 0.4) is 0 Å². The molecule has 17 heavy (non-hydrogen) atoms. The number of hydrogen-bond acceptors (Lipinski definition) is 3. The third-order valence-electron chi connectivity index (χ3n) is 3.39. The summed E-state index contributed by atoms with van der Waals surface area (Å²) in [5.74, 6) is 0. The van der Waals surface area contributed by atoms with Gasteiger partial charge in [0.05, 0.1) is 5.69 Å². The molecule has 1 aromatic rings. The lowest BCUT2D eigenvalue weighted by atomic mass is 10.2. The van der Waals surface area contributed by atoms with Crippen LogP contribution in [0.15, 0.2) is 0 Å². The third-order valence-corrected chi connectivity index (χ3v) is 3.39. The highest BCUT2D eigenvalue weighted by atomic mass is 15.1. The van der Waals surface area contributed by atoms with Crippen molar-refractivity contribution >= 4 is 0 Å². The van der Waals surface area contributed by atoms with Crippen molar-refractivity contribution in [3.05, 3.63) is 17.0 Å². The Hall–Kier alpha value is -0.870. The Morgan fingerprint density at radius 2 is 2.29 bits per heavy atom. The Balaban J connectivity index is 1.74. The summed E-state index contributed by atoms with van der Waals surface area (Å²) in [6.45, 7) is 7.43. The van der Waals surface area contributed by atoms with Gasteiger partial charge in [-0.25, -0.2) is 0 Å². The Morgan fingerprint density at radius 1 is 1.41 bits per heavy atom. The SMILES string of the molecule is CCCNCC(C)NCc1n[nH]c2c1CCC2. The molecule has 2 rings (SSSR count). The number of H-pyrrole nitrogens is 1. The van der Waals surface area contributed by atoms with E-state index in [9.17, 15) is 0 Å². The predicted molar refractivity (Wildman–Crippen MR) is 70.1 cm³/mol. The van der Waals surface area contributed by atoms with Crippen molar-refractivity contribution in [3.8, 4) is 0 Å². The van der Waals surface area contributed by atoms with E-state index < -0.39 is 0 Å². The molecule has 0 aliphatic heterocycles. The predicted octanol–water partition coefficient (Wildman–Crippen LogP) is 1.38. The van der Waals surface area contributed by atoms with E-state index in [2.05, 4.69) is 34.7 Å². The summed E-state index contributed by atoms with van der Waals surface area (Å²) < 4.78 is 0. The van der Waals surface area contributed by atoms with Gasteiger partial charge in [-0.05, 0) is 44.7 Å². The summed E-state index contributed by atoms with van der Waals surface area (Å²) in [6.07, 6.45) is 4.85. The highest BCUT2D eigenvalue weighted by Gasteiger charge is 2.18. The van der Waals surface area contributed by atoms with Crippen molar-refractivity contribution in [2.24, 2.45) is 0 Å². The molecule has 3 N–H and O–H groups in total. The second-order valence-electron chi connectivity index (χ2n) is 4.97. The van der Waals surface area contributed by atoms with Gasteiger partial charge in [0.25, 0.3) is 0 Å². The van der Waals surface area contributed by atoms with Crippen molar-refractivity contribution in [1.82, 2.24) is 20.8 Å². The number of nitrogens with zero attached hydrogens (tertiary/aromatic N) is 1. The zero-order valence-corrected chi connectivity index (χ0v) is 11.0. The van der Waals surface area contributed by atoms with Gasteiger partial charge in [0.15, 0.2) is 0 Å². The summed E-state index contributed by atoms with van der Waals surface area (Å²) in [4.78, 5) is 0. The summed E-state index contributed by atoms with van der Waals surface area (Å²) in [6, 6.07) is 0.496. The van der Waals surface area contributed by atoms with Crippen LogP contribution in [0.1, 0.15) is 43.6 Å². The van der Waals surface area contributed by atoms with Gasteiger partial charge in [0, 0.05) is 24.8 Å². The molecular weight excluding hydrogens is 212 g/mol. The smallest absolute Gasteiger partial charge is 0.0794 e. The number of aromatic nitrogens is 2. The van der Waals surface area contributed by atoms with Crippen molar-refractivity contribution in [2.75, 3.05) is 13.1 Å². The van der Waals surface area contributed by atoms with Crippen LogP contribution < -0.4 is 10.6 Å². The van der Waals surface area contributed by atoms with E-state index in [0.717, 1.165) is 19.6 Å². The van der Waals surface area contributed by atoms with Gasteiger partial charge in [-0.1, -0.05) is 6.92 Å². The molecule has 0 amide bonds.